The summed E-state index contributed by atoms with van der Waals surface area (Å²) in [5.74, 6) is -0.463. The normalized spacial score (nSPS) is 10.2. The fourth-order valence-electron chi connectivity index (χ4n) is 2.51. The summed E-state index contributed by atoms with van der Waals surface area (Å²) in [4.78, 5) is 16.0. The van der Waals surface area contributed by atoms with E-state index in [9.17, 15) is 9.18 Å². The molecule has 0 saturated heterocycles. The molecule has 0 atom stereocenters. The van der Waals surface area contributed by atoms with Gasteiger partial charge in [0.2, 0.25) is 0 Å². The number of para-hydroxylation sites is 1. The van der Waals surface area contributed by atoms with Gasteiger partial charge in [-0.3, -0.25) is 0 Å². The molecule has 3 aromatic rings. The second kappa shape index (κ2) is 7.94. The van der Waals surface area contributed by atoms with Crippen LogP contribution in [0.3, 0.4) is 0 Å². The molecule has 6 nitrogen and oxygen atoms in total. The number of nitrogens with one attached hydrogen (secondary N) is 2. The molecule has 1 aromatic heterocycles. The molecule has 1 heterocycles. The summed E-state index contributed by atoms with van der Waals surface area (Å²) in [6.45, 7) is 0.303. The van der Waals surface area contributed by atoms with Crippen LogP contribution in [0.5, 0.6) is 0 Å². The van der Waals surface area contributed by atoms with E-state index in [0.717, 1.165) is 11.3 Å². The average Bonchev–Trinajstić information content (AvgIpc) is 3.20. The van der Waals surface area contributed by atoms with Crippen LogP contribution in [-0.2, 0) is 13.1 Å². The van der Waals surface area contributed by atoms with Crippen molar-refractivity contribution in [3.63, 3.8) is 0 Å². The Morgan fingerprint density at radius 1 is 1.15 bits per heavy atom. The number of halogens is 1. The van der Waals surface area contributed by atoms with Crippen molar-refractivity contribution in [1.82, 2.24) is 20.2 Å². The molecule has 2 aromatic carbocycles. The first-order chi connectivity index (χ1) is 12.7. The third-order valence-corrected chi connectivity index (χ3v) is 3.83. The molecule has 7 heteroatoms. The van der Waals surface area contributed by atoms with E-state index in [1.165, 1.54) is 18.2 Å². The molecule has 0 aliphatic carbocycles. The van der Waals surface area contributed by atoms with Gasteiger partial charge in [-0.05, 0) is 29.8 Å². The molecule has 0 saturated carbocycles. The first-order valence-corrected chi connectivity index (χ1v) is 7.94. The number of amides is 2. The fraction of sp³-hybridized carbons (Fsp3) is 0.105. The van der Waals surface area contributed by atoms with E-state index in [2.05, 4.69) is 15.6 Å². The summed E-state index contributed by atoms with van der Waals surface area (Å²) in [6.07, 6.45) is 5.19. The molecule has 0 bridgehead atoms. The highest BCUT2D eigenvalue weighted by atomic mass is 19.1. The topological polar surface area (TPSA) is 82.7 Å². The molecule has 0 spiro atoms. The molecule has 130 valence electrons. The summed E-state index contributed by atoms with van der Waals surface area (Å²) in [5.41, 5.74) is 2.44. The van der Waals surface area contributed by atoms with E-state index in [4.69, 9.17) is 5.26 Å². The van der Waals surface area contributed by atoms with Crippen molar-refractivity contribution in [3.8, 4) is 11.8 Å². The molecule has 2 amide bonds. The lowest BCUT2D eigenvalue weighted by molar-refractivity contribution is 0.240. The van der Waals surface area contributed by atoms with Crippen LogP contribution in [0.4, 0.5) is 9.18 Å². The Morgan fingerprint density at radius 3 is 2.65 bits per heavy atom. The molecular formula is C19H16FN5O. The van der Waals surface area contributed by atoms with Crippen LogP contribution in [0.2, 0.25) is 0 Å². The van der Waals surface area contributed by atoms with Crippen LogP contribution in [-0.4, -0.2) is 15.6 Å². The Morgan fingerprint density at radius 2 is 1.92 bits per heavy atom. The maximum absolute atomic E-state index is 13.7. The number of nitrogens with zero attached hydrogens (tertiary/aromatic N) is 3. The van der Waals surface area contributed by atoms with E-state index >= 15 is 0 Å². The second-order valence-electron chi connectivity index (χ2n) is 5.55. The Bertz CT molecular complexity index is 947. The van der Waals surface area contributed by atoms with Crippen LogP contribution >= 0.6 is 0 Å². The van der Waals surface area contributed by atoms with Gasteiger partial charge in [0.25, 0.3) is 0 Å². The second-order valence-corrected chi connectivity index (χ2v) is 5.55. The van der Waals surface area contributed by atoms with Gasteiger partial charge in [-0.1, -0.05) is 18.2 Å². The number of hydrogen-bond acceptors (Lipinski definition) is 3. The van der Waals surface area contributed by atoms with Gasteiger partial charge >= 0.3 is 6.03 Å². The van der Waals surface area contributed by atoms with Gasteiger partial charge < -0.3 is 15.2 Å². The standard InChI is InChI=1S/C19H16FN5O/c20-17-6-5-14(10-21)9-16(17)12-24-19(26)23-11-15-3-1-2-4-18(15)25-8-7-22-13-25/h1-9,13H,11-12H2,(H2,23,24,26). The van der Waals surface area contributed by atoms with Gasteiger partial charge in [-0.25, -0.2) is 14.2 Å². The number of nitriles is 1. The van der Waals surface area contributed by atoms with Crippen LogP contribution in [0.15, 0.2) is 61.2 Å². The van der Waals surface area contributed by atoms with E-state index in [1.54, 1.807) is 12.5 Å². The zero-order valence-electron chi connectivity index (χ0n) is 13.8. The number of benzene rings is 2. The number of urea groups is 1. The highest BCUT2D eigenvalue weighted by molar-refractivity contribution is 5.74. The third-order valence-electron chi connectivity index (χ3n) is 3.83. The Balaban J connectivity index is 1.60. The summed E-state index contributed by atoms with van der Waals surface area (Å²) in [7, 11) is 0. The number of hydrogen-bond donors (Lipinski definition) is 2. The van der Waals surface area contributed by atoms with E-state index in [1.807, 2.05) is 41.1 Å². The Hall–Kier alpha value is -3.66. The highest BCUT2D eigenvalue weighted by Crippen LogP contribution is 2.14. The molecule has 0 unspecified atom stereocenters. The van der Waals surface area contributed by atoms with Gasteiger partial charge in [0, 0.05) is 31.0 Å². The molecule has 0 aliphatic rings. The lowest BCUT2D eigenvalue weighted by Crippen LogP contribution is -2.35. The van der Waals surface area contributed by atoms with Crippen LogP contribution in [0.25, 0.3) is 5.69 Å². The number of carbonyl (C=O) groups excluding carboxylic acids is 1. The highest BCUT2D eigenvalue weighted by Gasteiger charge is 2.08. The van der Waals surface area contributed by atoms with Crippen molar-refractivity contribution in [2.45, 2.75) is 13.1 Å². The first kappa shape index (κ1) is 17.2. The van der Waals surface area contributed by atoms with Gasteiger partial charge in [0.15, 0.2) is 0 Å². The summed E-state index contributed by atoms with van der Waals surface area (Å²) in [6, 6.07) is 13.2. The van der Waals surface area contributed by atoms with E-state index < -0.39 is 11.8 Å². The quantitative estimate of drug-likeness (QED) is 0.743. The summed E-state index contributed by atoms with van der Waals surface area (Å²) >= 11 is 0. The van der Waals surface area contributed by atoms with Crippen molar-refractivity contribution in [2.24, 2.45) is 0 Å². The van der Waals surface area contributed by atoms with Gasteiger partial charge in [0.05, 0.1) is 23.6 Å². The van der Waals surface area contributed by atoms with Crippen molar-refractivity contribution >= 4 is 6.03 Å². The molecule has 26 heavy (non-hydrogen) atoms. The molecule has 2 N–H and O–H groups in total. The third kappa shape index (κ3) is 4.05. The molecule has 0 fully saturated rings. The minimum absolute atomic E-state index is 0.00362. The van der Waals surface area contributed by atoms with Gasteiger partial charge in [-0.15, -0.1) is 0 Å². The average molecular weight is 349 g/mol. The van der Waals surface area contributed by atoms with Crippen LogP contribution < -0.4 is 10.6 Å². The maximum atomic E-state index is 13.7. The smallest absolute Gasteiger partial charge is 0.315 e. The van der Waals surface area contributed by atoms with Crippen LogP contribution in [0.1, 0.15) is 16.7 Å². The Kier molecular flexibility index (Phi) is 5.25. The number of carbonyl (C=O) groups is 1. The predicted molar refractivity (Wildman–Crippen MR) is 93.8 cm³/mol. The number of rotatable bonds is 5. The number of imidazole rings is 1. The van der Waals surface area contributed by atoms with Crippen molar-refractivity contribution < 1.29 is 9.18 Å². The van der Waals surface area contributed by atoms with Crippen molar-refractivity contribution in [1.29, 1.82) is 5.26 Å². The molecule has 3 rings (SSSR count). The predicted octanol–water partition coefficient (Wildman–Crippen LogP) is 2.88. The van der Waals surface area contributed by atoms with Gasteiger partial charge in [-0.2, -0.15) is 5.26 Å². The first-order valence-electron chi connectivity index (χ1n) is 7.94. The van der Waals surface area contributed by atoms with Gasteiger partial charge in [0.1, 0.15) is 5.82 Å². The van der Waals surface area contributed by atoms with Crippen molar-refractivity contribution in [2.75, 3.05) is 0 Å². The maximum Gasteiger partial charge on any atom is 0.315 e. The number of aromatic nitrogens is 2. The zero-order valence-corrected chi connectivity index (χ0v) is 13.8. The Labute approximate surface area is 149 Å². The summed E-state index contributed by atoms with van der Waals surface area (Å²) in [5, 5.41) is 14.2. The lowest BCUT2D eigenvalue weighted by atomic mass is 10.1. The molecular weight excluding hydrogens is 333 g/mol. The minimum Gasteiger partial charge on any atom is -0.334 e. The van der Waals surface area contributed by atoms with Crippen LogP contribution in [0, 0.1) is 17.1 Å². The molecule has 0 radical (unpaired) electrons. The molecule has 0 aliphatic heterocycles. The van der Waals surface area contributed by atoms with E-state index in [0.29, 0.717) is 12.1 Å². The lowest BCUT2D eigenvalue weighted by Gasteiger charge is -2.12. The SMILES string of the molecule is N#Cc1ccc(F)c(CNC(=O)NCc2ccccc2-n2ccnc2)c1. The summed E-state index contributed by atoms with van der Waals surface area (Å²) < 4.78 is 15.6. The monoisotopic (exact) mass is 349 g/mol. The zero-order chi connectivity index (χ0) is 18.4. The fourth-order valence-corrected chi connectivity index (χ4v) is 2.51. The minimum atomic E-state index is -0.463. The van der Waals surface area contributed by atoms with E-state index in [-0.39, 0.29) is 12.1 Å². The largest absolute Gasteiger partial charge is 0.334 e. The van der Waals surface area contributed by atoms with Crippen molar-refractivity contribution in [3.05, 3.63) is 83.7 Å².